The van der Waals surface area contributed by atoms with Gasteiger partial charge in [-0.15, -0.1) is 11.3 Å². The molecule has 0 spiro atoms. The average Bonchev–Trinajstić information content (AvgIpc) is 3.19. The molecule has 2 aliphatic rings. The number of nitrogens with one attached hydrogen (secondary N) is 1. The summed E-state index contributed by atoms with van der Waals surface area (Å²) in [5, 5.41) is 3.12. The summed E-state index contributed by atoms with van der Waals surface area (Å²) in [6.07, 6.45) is 5.74. The highest BCUT2D eigenvalue weighted by Crippen LogP contribution is 2.39. The van der Waals surface area contributed by atoms with Gasteiger partial charge in [0, 0.05) is 17.8 Å². The maximum Gasteiger partial charge on any atom is 0.341 e. The number of rotatable bonds is 7. The highest BCUT2D eigenvalue weighted by atomic mass is 32.1. The lowest BCUT2D eigenvalue weighted by Crippen LogP contribution is -2.36. The fourth-order valence-corrected chi connectivity index (χ4v) is 4.92. The molecule has 0 unspecified atom stereocenters. The van der Waals surface area contributed by atoms with Gasteiger partial charge in [0.25, 0.3) is 5.91 Å². The lowest BCUT2D eigenvalue weighted by atomic mass is 10.1. The summed E-state index contributed by atoms with van der Waals surface area (Å²) < 4.78 is 10.2. The Morgan fingerprint density at radius 1 is 1.07 bits per heavy atom. The van der Waals surface area contributed by atoms with Crippen LogP contribution in [0.5, 0.6) is 0 Å². The molecule has 1 fully saturated rings. The van der Waals surface area contributed by atoms with Gasteiger partial charge in [-0.2, -0.15) is 0 Å². The molecule has 1 aromatic rings. The van der Waals surface area contributed by atoms with Crippen LogP contribution in [0.15, 0.2) is 0 Å². The number of nitrogens with zero attached hydrogens (tertiary/aromatic N) is 1. The van der Waals surface area contributed by atoms with Gasteiger partial charge in [-0.1, -0.05) is 6.42 Å². The number of hydrogen-bond donors (Lipinski definition) is 1. The van der Waals surface area contributed by atoms with E-state index in [-0.39, 0.29) is 19.1 Å². The number of fused-ring (bicyclic) bond motifs is 1. The zero-order valence-corrected chi connectivity index (χ0v) is 17.4. The van der Waals surface area contributed by atoms with Crippen molar-refractivity contribution in [3.63, 3.8) is 0 Å². The largest absolute Gasteiger partial charge is 0.462 e. The summed E-state index contributed by atoms with van der Waals surface area (Å²) in [6, 6.07) is 0. The highest BCUT2D eigenvalue weighted by Gasteiger charge is 2.28. The smallest absolute Gasteiger partial charge is 0.341 e. The molecular weight excluding hydrogens is 396 g/mol. The number of thiophene rings is 1. The summed E-state index contributed by atoms with van der Waals surface area (Å²) in [7, 11) is 0. The average molecular weight is 423 g/mol. The van der Waals surface area contributed by atoms with Crippen molar-refractivity contribution in [2.45, 2.75) is 51.9 Å². The topological polar surface area (TPSA) is 102 Å². The Morgan fingerprint density at radius 3 is 2.69 bits per heavy atom. The lowest BCUT2D eigenvalue weighted by Gasteiger charge is -2.19. The lowest BCUT2D eigenvalue weighted by molar-refractivity contribution is -0.151. The van der Waals surface area contributed by atoms with Crippen molar-refractivity contribution in [1.29, 1.82) is 0 Å². The summed E-state index contributed by atoms with van der Waals surface area (Å²) >= 11 is 1.37. The fourth-order valence-electron chi connectivity index (χ4n) is 3.63. The molecule has 1 aliphatic carbocycles. The third kappa shape index (κ3) is 5.35. The summed E-state index contributed by atoms with van der Waals surface area (Å²) in [5.74, 6) is -1.64. The van der Waals surface area contributed by atoms with Gasteiger partial charge in [-0.25, -0.2) is 4.79 Å². The van der Waals surface area contributed by atoms with Crippen LogP contribution in [0.25, 0.3) is 0 Å². The first-order chi connectivity index (χ1) is 14.0. The molecule has 1 N–H and O–H groups in total. The molecule has 1 aliphatic heterocycles. The standard InChI is InChI=1S/C20H26N2O6S/c1-2-27-20(26)18-13-7-6-8-14(13)29-19(18)21-15(23)12-28-17(25)11-22-10-5-3-4-9-16(22)24/h2-12H2,1H3,(H,21,23). The Balaban J connectivity index is 1.55. The van der Waals surface area contributed by atoms with Gasteiger partial charge in [-0.3, -0.25) is 14.4 Å². The van der Waals surface area contributed by atoms with Gasteiger partial charge in [0.2, 0.25) is 5.91 Å². The van der Waals surface area contributed by atoms with Gasteiger partial charge < -0.3 is 19.7 Å². The van der Waals surface area contributed by atoms with Crippen molar-refractivity contribution in [3.05, 3.63) is 16.0 Å². The fraction of sp³-hybridized carbons (Fsp3) is 0.600. The van der Waals surface area contributed by atoms with Crippen molar-refractivity contribution < 1.29 is 28.7 Å². The van der Waals surface area contributed by atoms with E-state index in [0.717, 1.165) is 49.0 Å². The Hall–Kier alpha value is -2.42. The van der Waals surface area contributed by atoms with E-state index < -0.39 is 24.5 Å². The number of ether oxygens (including phenoxy) is 2. The molecular formula is C20H26N2O6S. The van der Waals surface area contributed by atoms with Gasteiger partial charge in [0.05, 0.1) is 12.2 Å². The molecule has 0 aromatic carbocycles. The minimum atomic E-state index is -0.616. The monoisotopic (exact) mass is 422 g/mol. The summed E-state index contributed by atoms with van der Waals surface area (Å²) in [4.78, 5) is 51.1. The third-order valence-corrected chi connectivity index (χ3v) is 6.22. The molecule has 0 radical (unpaired) electrons. The molecule has 0 saturated carbocycles. The molecule has 158 valence electrons. The van der Waals surface area contributed by atoms with Crippen LogP contribution in [0, 0.1) is 0 Å². The molecule has 1 aromatic heterocycles. The number of carbonyl (C=O) groups is 4. The second kappa shape index (κ2) is 9.87. The van der Waals surface area contributed by atoms with E-state index in [9.17, 15) is 19.2 Å². The molecule has 3 rings (SSSR count). The summed E-state index contributed by atoms with van der Waals surface area (Å²) in [6.45, 7) is 1.91. The normalized spacial score (nSPS) is 16.2. The first-order valence-electron chi connectivity index (χ1n) is 10.0. The first-order valence-corrected chi connectivity index (χ1v) is 10.9. The molecule has 29 heavy (non-hydrogen) atoms. The SMILES string of the molecule is CCOC(=O)c1c(NC(=O)COC(=O)CN2CCCCCC2=O)sc2c1CCC2. The van der Waals surface area contributed by atoms with Crippen LogP contribution in [-0.2, 0) is 36.7 Å². The van der Waals surface area contributed by atoms with E-state index in [1.807, 2.05) is 0 Å². The second-order valence-electron chi connectivity index (χ2n) is 7.12. The zero-order chi connectivity index (χ0) is 20.8. The Bertz CT molecular complexity index is 803. The summed E-state index contributed by atoms with van der Waals surface area (Å²) in [5.41, 5.74) is 1.36. The minimum absolute atomic E-state index is 0.0592. The van der Waals surface area contributed by atoms with E-state index in [1.165, 1.54) is 16.2 Å². The van der Waals surface area contributed by atoms with Crippen LogP contribution in [0.3, 0.4) is 0 Å². The Kier molecular flexibility index (Phi) is 7.24. The highest BCUT2D eigenvalue weighted by molar-refractivity contribution is 7.17. The molecule has 0 atom stereocenters. The number of esters is 2. The van der Waals surface area contributed by atoms with Gasteiger partial charge >= 0.3 is 11.9 Å². The van der Waals surface area contributed by atoms with Crippen LogP contribution in [0.2, 0.25) is 0 Å². The van der Waals surface area contributed by atoms with Gasteiger partial charge in [-0.05, 0) is 44.6 Å². The molecule has 2 amide bonds. The maximum absolute atomic E-state index is 12.3. The van der Waals surface area contributed by atoms with Gasteiger partial charge in [0.1, 0.15) is 11.5 Å². The van der Waals surface area contributed by atoms with Crippen LogP contribution in [0.4, 0.5) is 5.00 Å². The van der Waals surface area contributed by atoms with Crippen molar-refractivity contribution >= 4 is 40.1 Å². The van der Waals surface area contributed by atoms with Crippen LogP contribution >= 0.6 is 11.3 Å². The number of carbonyl (C=O) groups excluding carboxylic acids is 4. The van der Waals surface area contributed by atoms with E-state index in [0.29, 0.717) is 23.5 Å². The Morgan fingerprint density at radius 2 is 1.90 bits per heavy atom. The number of hydrogen-bond acceptors (Lipinski definition) is 7. The van der Waals surface area contributed by atoms with E-state index in [1.54, 1.807) is 6.92 Å². The quantitative estimate of drug-likeness (QED) is 0.677. The molecule has 2 heterocycles. The number of anilines is 1. The predicted molar refractivity (Wildman–Crippen MR) is 107 cm³/mol. The number of amides is 2. The van der Waals surface area contributed by atoms with Crippen molar-refractivity contribution in [1.82, 2.24) is 4.90 Å². The second-order valence-corrected chi connectivity index (χ2v) is 8.22. The molecule has 8 nitrogen and oxygen atoms in total. The maximum atomic E-state index is 12.3. The van der Waals surface area contributed by atoms with Crippen LogP contribution in [-0.4, -0.2) is 55.0 Å². The minimum Gasteiger partial charge on any atom is -0.462 e. The number of aryl methyl sites for hydroxylation is 1. The molecule has 9 heteroatoms. The zero-order valence-electron chi connectivity index (χ0n) is 16.6. The third-order valence-electron chi connectivity index (χ3n) is 5.01. The first kappa shape index (κ1) is 21.3. The van der Waals surface area contributed by atoms with Crippen molar-refractivity contribution in [2.75, 3.05) is 31.6 Å². The number of likely N-dealkylation sites (tertiary alicyclic amines) is 1. The Labute approximate surface area is 173 Å². The van der Waals surface area contributed by atoms with Crippen LogP contribution in [0.1, 0.15) is 59.8 Å². The van der Waals surface area contributed by atoms with Gasteiger partial charge in [0.15, 0.2) is 6.61 Å². The van der Waals surface area contributed by atoms with E-state index in [2.05, 4.69) is 5.32 Å². The van der Waals surface area contributed by atoms with Crippen molar-refractivity contribution in [2.24, 2.45) is 0 Å². The molecule has 0 bridgehead atoms. The van der Waals surface area contributed by atoms with E-state index in [4.69, 9.17) is 9.47 Å². The van der Waals surface area contributed by atoms with Crippen LogP contribution < -0.4 is 5.32 Å². The van der Waals surface area contributed by atoms with Crippen molar-refractivity contribution in [3.8, 4) is 0 Å². The molecule has 1 saturated heterocycles. The van der Waals surface area contributed by atoms with E-state index >= 15 is 0 Å². The predicted octanol–water partition coefficient (Wildman–Crippen LogP) is 2.30.